The SMILES string of the molecule is COc1cccc(N2CCN(C(=O)CN3C(=O)CNC3=O)C(C)C2=O)c1. The number of urea groups is 1. The van der Waals surface area contributed by atoms with Crippen LogP contribution in [-0.4, -0.2) is 72.9 Å². The summed E-state index contributed by atoms with van der Waals surface area (Å²) in [5.74, 6) is -0.464. The number of ether oxygens (including phenoxy) is 1. The van der Waals surface area contributed by atoms with Gasteiger partial charge in [0.1, 0.15) is 18.3 Å². The Bertz CT molecular complexity index is 749. The molecule has 9 nitrogen and oxygen atoms in total. The number of hydrogen-bond donors (Lipinski definition) is 1. The van der Waals surface area contributed by atoms with Crippen molar-refractivity contribution in [3.05, 3.63) is 24.3 Å². The van der Waals surface area contributed by atoms with Crippen LogP contribution in [0.2, 0.25) is 0 Å². The summed E-state index contributed by atoms with van der Waals surface area (Å²) in [6, 6.07) is 5.87. The molecule has 0 saturated carbocycles. The van der Waals surface area contributed by atoms with E-state index in [1.165, 1.54) is 4.90 Å². The topological polar surface area (TPSA) is 99.3 Å². The van der Waals surface area contributed by atoms with E-state index in [9.17, 15) is 19.2 Å². The molecule has 9 heteroatoms. The first-order chi connectivity index (χ1) is 12.4. The minimum atomic E-state index is -0.691. The molecule has 3 rings (SSSR count). The summed E-state index contributed by atoms with van der Waals surface area (Å²) in [5, 5.41) is 2.37. The molecule has 0 bridgehead atoms. The number of nitrogens with one attached hydrogen (secondary N) is 1. The minimum Gasteiger partial charge on any atom is -0.497 e. The zero-order valence-corrected chi connectivity index (χ0v) is 14.6. The molecule has 0 aliphatic carbocycles. The number of nitrogens with zero attached hydrogens (tertiary/aromatic N) is 3. The zero-order chi connectivity index (χ0) is 18.8. The molecule has 138 valence electrons. The molecule has 2 aliphatic heterocycles. The fourth-order valence-corrected chi connectivity index (χ4v) is 3.09. The van der Waals surface area contributed by atoms with Crippen molar-refractivity contribution in [2.45, 2.75) is 13.0 Å². The first-order valence-electron chi connectivity index (χ1n) is 8.25. The van der Waals surface area contributed by atoms with Crippen molar-refractivity contribution in [3.8, 4) is 5.75 Å². The number of anilines is 1. The molecule has 2 aliphatic rings. The Labute approximate surface area is 150 Å². The van der Waals surface area contributed by atoms with Crippen molar-refractivity contribution >= 4 is 29.4 Å². The summed E-state index contributed by atoms with van der Waals surface area (Å²) < 4.78 is 5.18. The van der Waals surface area contributed by atoms with Gasteiger partial charge in [-0.15, -0.1) is 0 Å². The standard InChI is InChI=1S/C17H20N4O5/c1-11-16(24)20(12-4-3-5-13(8-12)26-2)7-6-19(11)15(23)10-21-14(22)9-18-17(21)25/h3-5,8,11H,6-7,9-10H2,1-2H3,(H,18,25). The van der Waals surface area contributed by atoms with Crippen molar-refractivity contribution in [3.63, 3.8) is 0 Å². The van der Waals surface area contributed by atoms with E-state index < -0.39 is 23.9 Å². The number of carbonyl (C=O) groups is 4. The van der Waals surface area contributed by atoms with Gasteiger partial charge in [0.2, 0.25) is 11.8 Å². The molecular formula is C17H20N4O5. The Morgan fingerprint density at radius 3 is 2.69 bits per heavy atom. The lowest BCUT2D eigenvalue weighted by molar-refractivity contribution is -0.143. The Kier molecular flexibility index (Phi) is 4.79. The number of benzene rings is 1. The second kappa shape index (κ2) is 7.03. The fraction of sp³-hybridized carbons (Fsp3) is 0.412. The summed E-state index contributed by atoms with van der Waals surface area (Å²) in [4.78, 5) is 52.3. The zero-order valence-electron chi connectivity index (χ0n) is 14.6. The second-order valence-corrected chi connectivity index (χ2v) is 6.09. The van der Waals surface area contributed by atoms with Crippen LogP contribution in [0.25, 0.3) is 0 Å². The fourth-order valence-electron chi connectivity index (χ4n) is 3.09. The number of hydrogen-bond acceptors (Lipinski definition) is 5. The van der Waals surface area contributed by atoms with E-state index in [2.05, 4.69) is 5.32 Å². The number of amides is 5. The van der Waals surface area contributed by atoms with Gasteiger partial charge in [-0.3, -0.25) is 19.3 Å². The Balaban J connectivity index is 1.70. The van der Waals surface area contributed by atoms with Crippen molar-refractivity contribution in [2.24, 2.45) is 0 Å². The first kappa shape index (κ1) is 17.7. The summed E-state index contributed by atoms with van der Waals surface area (Å²) in [7, 11) is 1.55. The van der Waals surface area contributed by atoms with Gasteiger partial charge in [0.15, 0.2) is 0 Å². The van der Waals surface area contributed by atoms with Gasteiger partial charge in [-0.1, -0.05) is 6.07 Å². The molecule has 1 atom stereocenters. The highest BCUT2D eigenvalue weighted by Gasteiger charge is 2.38. The number of imide groups is 1. The predicted octanol–water partition coefficient (Wildman–Crippen LogP) is -0.189. The lowest BCUT2D eigenvalue weighted by Crippen LogP contribution is -2.59. The molecule has 1 N–H and O–H groups in total. The lowest BCUT2D eigenvalue weighted by atomic mass is 10.1. The van der Waals surface area contributed by atoms with E-state index >= 15 is 0 Å². The molecule has 1 aromatic carbocycles. The summed E-state index contributed by atoms with van der Waals surface area (Å²) in [6.07, 6.45) is 0. The van der Waals surface area contributed by atoms with Gasteiger partial charge in [0, 0.05) is 24.8 Å². The van der Waals surface area contributed by atoms with E-state index in [4.69, 9.17) is 4.74 Å². The third-order valence-electron chi connectivity index (χ3n) is 4.57. The number of rotatable bonds is 4. The third kappa shape index (κ3) is 3.19. The van der Waals surface area contributed by atoms with Crippen molar-refractivity contribution in [1.82, 2.24) is 15.1 Å². The number of piperazine rings is 1. The highest BCUT2D eigenvalue weighted by Crippen LogP contribution is 2.24. The lowest BCUT2D eigenvalue weighted by Gasteiger charge is -2.39. The maximum Gasteiger partial charge on any atom is 0.325 e. The molecule has 1 aromatic rings. The maximum absolute atomic E-state index is 12.7. The van der Waals surface area contributed by atoms with Crippen molar-refractivity contribution in [1.29, 1.82) is 0 Å². The summed E-state index contributed by atoms with van der Waals surface area (Å²) >= 11 is 0. The van der Waals surface area contributed by atoms with Gasteiger partial charge in [-0.25, -0.2) is 4.79 Å². The van der Waals surface area contributed by atoms with E-state index in [1.54, 1.807) is 43.2 Å². The van der Waals surface area contributed by atoms with E-state index in [-0.39, 0.29) is 19.0 Å². The highest BCUT2D eigenvalue weighted by atomic mass is 16.5. The van der Waals surface area contributed by atoms with Crippen molar-refractivity contribution in [2.75, 3.05) is 38.2 Å². The smallest absolute Gasteiger partial charge is 0.325 e. The maximum atomic E-state index is 12.7. The quantitative estimate of drug-likeness (QED) is 0.751. The normalized spacial score (nSPS) is 20.5. The van der Waals surface area contributed by atoms with Crippen LogP contribution in [0.3, 0.4) is 0 Å². The average Bonchev–Trinajstić information content (AvgIpc) is 2.95. The van der Waals surface area contributed by atoms with Crippen molar-refractivity contribution < 1.29 is 23.9 Å². The van der Waals surface area contributed by atoms with Crippen LogP contribution in [0.4, 0.5) is 10.5 Å². The van der Waals surface area contributed by atoms with Gasteiger partial charge >= 0.3 is 6.03 Å². The molecule has 26 heavy (non-hydrogen) atoms. The van der Waals surface area contributed by atoms with E-state index in [0.717, 1.165) is 4.90 Å². The summed E-state index contributed by atoms with van der Waals surface area (Å²) in [6.45, 7) is 1.80. The van der Waals surface area contributed by atoms with Crippen LogP contribution in [0.1, 0.15) is 6.92 Å². The molecule has 2 fully saturated rings. The minimum absolute atomic E-state index is 0.107. The van der Waals surface area contributed by atoms with Crippen LogP contribution < -0.4 is 15.0 Å². The molecular weight excluding hydrogens is 340 g/mol. The van der Waals surface area contributed by atoms with Gasteiger partial charge in [-0.05, 0) is 19.1 Å². The first-order valence-corrected chi connectivity index (χ1v) is 8.25. The van der Waals surface area contributed by atoms with Crippen LogP contribution >= 0.6 is 0 Å². The summed E-state index contributed by atoms with van der Waals surface area (Å²) in [5.41, 5.74) is 0.697. The molecule has 2 saturated heterocycles. The molecule has 0 spiro atoms. The molecule has 0 radical (unpaired) electrons. The van der Waals surface area contributed by atoms with Crippen LogP contribution in [0.15, 0.2) is 24.3 Å². The Hall–Kier alpha value is -3.10. The molecule has 1 unspecified atom stereocenters. The van der Waals surface area contributed by atoms with Crippen LogP contribution in [0.5, 0.6) is 5.75 Å². The van der Waals surface area contributed by atoms with E-state index in [1.807, 2.05) is 0 Å². The largest absolute Gasteiger partial charge is 0.497 e. The molecule has 5 amide bonds. The Morgan fingerprint density at radius 1 is 1.27 bits per heavy atom. The number of methoxy groups -OCH3 is 1. The van der Waals surface area contributed by atoms with E-state index in [0.29, 0.717) is 24.5 Å². The highest BCUT2D eigenvalue weighted by molar-refractivity contribution is 6.05. The average molecular weight is 360 g/mol. The monoisotopic (exact) mass is 360 g/mol. The number of carbonyl (C=O) groups excluding carboxylic acids is 4. The van der Waals surface area contributed by atoms with Gasteiger partial charge < -0.3 is 19.9 Å². The van der Waals surface area contributed by atoms with Gasteiger partial charge in [-0.2, -0.15) is 0 Å². The second-order valence-electron chi connectivity index (χ2n) is 6.09. The van der Waals surface area contributed by atoms with Gasteiger partial charge in [0.05, 0.1) is 13.7 Å². The third-order valence-corrected chi connectivity index (χ3v) is 4.57. The Morgan fingerprint density at radius 2 is 2.04 bits per heavy atom. The molecule has 2 heterocycles. The van der Waals surface area contributed by atoms with Crippen LogP contribution in [-0.2, 0) is 14.4 Å². The van der Waals surface area contributed by atoms with Gasteiger partial charge in [0.25, 0.3) is 5.91 Å². The van der Waals surface area contributed by atoms with Crippen LogP contribution in [0, 0.1) is 0 Å². The predicted molar refractivity (Wildman–Crippen MR) is 91.6 cm³/mol. The molecule has 0 aromatic heterocycles.